The molecule has 3 nitrogen and oxygen atoms in total. The number of benzene rings is 1. The summed E-state index contributed by atoms with van der Waals surface area (Å²) in [5, 5.41) is 9.84. The van der Waals surface area contributed by atoms with Crippen LogP contribution in [0.5, 0.6) is 5.75 Å². The zero-order valence-corrected chi connectivity index (χ0v) is 8.54. The Bertz CT molecular complexity index is 336. The van der Waals surface area contributed by atoms with E-state index in [0.717, 1.165) is 11.8 Å². The van der Waals surface area contributed by atoms with E-state index >= 15 is 0 Å². The van der Waals surface area contributed by atoms with Crippen molar-refractivity contribution in [1.29, 1.82) is 0 Å². The van der Waals surface area contributed by atoms with E-state index in [9.17, 15) is 9.90 Å². The lowest BCUT2D eigenvalue weighted by Crippen LogP contribution is -1.97. The Morgan fingerprint density at radius 1 is 1.57 bits per heavy atom. The van der Waals surface area contributed by atoms with Crippen molar-refractivity contribution in [1.82, 2.24) is 0 Å². The average molecular weight is 215 g/mol. The molecule has 0 aliphatic carbocycles. The third-order valence-electron chi connectivity index (χ3n) is 1.92. The van der Waals surface area contributed by atoms with Crippen LogP contribution in [-0.4, -0.2) is 18.5 Å². The van der Waals surface area contributed by atoms with E-state index in [1.807, 2.05) is 0 Å². The lowest BCUT2D eigenvalue weighted by Gasteiger charge is -2.09. The monoisotopic (exact) mass is 214 g/mol. The van der Waals surface area contributed by atoms with Gasteiger partial charge < -0.3 is 14.6 Å². The Labute approximate surface area is 87.3 Å². The topological polar surface area (TPSA) is 46.5 Å². The molecule has 0 spiro atoms. The van der Waals surface area contributed by atoms with Gasteiger partial charge in [0.2, 0.25) is 0 Å². The number of hydrogen-bond donors (Lipinski definition) is 1. The standard InChI is InChI=1S/C10H11ClO3/c1-14-6-7-2-3-9(11)10(13)8(7)4-5-12/h2-3,5,13H,4,6H2,1H3. The minimum absolute atomic E-state index is 0.0340. The van der Waals surface area contributed by atoms with Gasteiger partial charge in [-0.2, -0.15) is 0 Å². The maximum atomic E-state index is 10.4. The first-order chi connectivity index (χ1) is 6.70. The van der Waals surface area contributed by atoms with Gasteiger partial charge in [0.15, 0.2) is 0 Å². The van der Waals surface area contributed by atoms with Crippen LogP contribution in [0, 0.1) is 0 Å². The van der Waals surface area contributed by atoms with Gasteiger partial charge in [-0.1, -0.05) is 17.7 Å². The Balaban J connectivity index is 3.14. The van der Waals surface area contributed by atoms with Crippen LogP contribution < -0.4 is 0 Å². The molecule has 76 valence electrons. The maximum Gasteiger partial charge on any atom is 0.138 e. The molecule has 1 aromatic carbocycles. The fourth-order valence-corrected chi connectivity index (χ4v) is 1.43. The molecule has 0 bridgehead atoms. The number of aromatic hydroxyl groups is 1. The second kappa shape index (κ2) is 4.98. The third kappa shape index (κ3) is 2.25. The molecule has 0 aromatic heterocycles. The van der Waals surface area contributed by atoms with E-state index in [-0.39, 0.29) is 17.2 Å². The predicted molar refractivity (Wildman–Crippen MR) is 53.6 cm³/mol. The molecule has 0 atom stereocenters. The molecule has 0 aliphatic rings. The maximum absolute atomic E-state index is 10.4. The van der Waals surface area contributed by atoms with Crippen molar-refractivity contribution in [3.8, 4) is 5.75 Å². The fourth-order valence-electron chi connectivity index (χ4n) is 1.25. The minimum atomic E-state index is -0.0340. The number of phenols is 1. The van der Waals surface area contributed by atoms with E-state index in [1.165, 1.54) is 0 Å². The van der Waals surface area contributed by atoms with Crippen LogP contribution >= 0.6 is 11.6 Å². The molecule has 0 aliphatic heterocycles. The molecule has 0 saturated carbocycles. The molecule has 1 rings (SSSR count). The molecule has 14 heavy (non-hydrogen) atoms. The second-order valence-electron chi connectivity index (χ2n) is 2.84. The number of carbonyl (C=O) groups is 1. The molecule has 0 amide bonds. The van der Waals surface area contributed by atoms with Crippen LogP contribution in [-0.2, 0) is 22.6 Å². The smallest absolute Gasteiger partial charge is 0.138 e. The van der Waals surface area contributed by atoms with Gasteiger partial charge in [-0.3, -0.25) is 0 Å². The van der Waals surface area contributed by atoms with Gasteiger partial charge in [0.25, 0.3) is 0 Å². The van der Waals surface area contributed by atoms with Crippen LogP contribution in [0.25, 0.3) is 0 Å². The highest BCUT2D eigenvalue weighted by molar-refractivity contribution is 6.32. The van der Waals surface area contributed by atoms with E-state index < -0.39 is 0 Å². The first-order valence-electron chi connectivity index (χ1n) is 4.12. The number of aldehydes is 1. The van der Waals surface area contributed by atoms with Crippen LogP contribution in [0.3, 0.4) is 0 Å². The largest absolute Gasteiger partial charge is 0.506 e. The summed E-state index contributed by atoms with van der Waals surface area (Å²) in [4.78, 5) is 10.4. The molecule has 0 saturated heterocycles. The van der Waals surface area contributed by atoms with E-state index in [1.54, 1.807) is 19.2 Å². The van der Waals surface area contributed by atoms with Crippen molar-refractivity contribution in [3.63, 3.8) is 0 Å². The summed E-state index contributed by atoms with van der Waals surface area (Å²) in [6.45, 7) is 0.355. The lowest BCUT2D eigenvalue weighted by atomic mass is 10.0. The van der Waals surface area contributed by atoms with Crippen molar-refractivity contribution >= 4 is 17.9 Å². The molecule has 1 N–H and O–H groups in total. The summed E-state index contributed by atoms with van der Waals surface area (Å²) in [6.07, 6.45) is 0.871. The molecule has 4 heteroatoms. The number of halogens is 1. The van der Waals surface area contributed by atoms with Crippen molar-refractivity contribution in [3.05, 3.63) is 28.3 Å². The quantitative estimate of drug-likeness (QED) is 0.780. The van der Waals surface area contributed by atoms with Gasteiger partial charge in [-0.15, -0.1) is 0 Å². The Morgan fingerprint density at radius 3 is 2.86 bits per heavy atom. The van der Waals surface area contributed by atoms with Gasteiger partial charge in [0.1, 0.15) is 12.0 Å². The molecule has 1 aromatic rings. The number of rotatable bonds is 4. The highest BCUT2D eigenvalue weighted by Gasteiger charge is 2.10. The third-order valence-corrected chi connectivity index (χ3v) is 2.22. The number of carbonyl (C=O) groups excluding carboxylic acids is 1. The second-order valence-corrected chi connectivity index (χ2v) is 3.24. The van der Waals surface area contributed by atoms with Crippen molar-refractivity contribution in [2.24, 2.45) is 0 Å². The summed E-state index contributed by atoms with van der Waals surface area (Å²) < 4.78 is 4.94. The van der Waals surface area contributed by atoms with Crippen LogP contribution in [0.15, 0.2) is 12.1 Å². The van der Waals surface area contributed by atoms with Gasteiger partial charge >= 0.3 is 0 Å². The first kappa shape index (κ1) is 11.0. The fraction of sp³-hybridized carbons (Fsp3) is 0.300. The van der Waals surface area contributed by atoms with E-state index in [2.05, 4.69) is 0 Å². The van der Waals surface area contributed by atoms with Gasteiger partial charge in [-0.25, -0.2) is 0 Å². The van der Waals surface area contributed by atoms with Crippen LogP contribution in [0.2, 0.25) is 5.02 Å². The van der Waals surface area contributed by atoms with Crippen molar-refractivity contribution < 1.29 is 14.6 Å². The summed E-state index contributed by atoms with van der Waals surface area (Å²) in [5.41, 5.74) is 1.32. The normalized spacial score (nSPS) is 10.1. The number of ether oxygens (including phenoxy) is 1. The number of methoxy groups -OCH3 is 1. The Hall–Kier alpha value is -1.06. The van der Waals surface area contributed by atoms with Gasteiger partial charge in [-0.05, 0) is 11.6 Å². The van der Waals surface area contributed by atoms with Crippen LogP contribution in [0.1, 0.15) is 11.1 Å². The number of phenolic OH excluding ortho intramolecular Hbond substituents is 1. The highest BCUT2D eigenvalue weighted by Crippen LogP contribution is 2.30. The lowest BCUT2D eigenvalue weighted by molar-refractivity contribution is -0.107. The highest BCUT2D eigenvalue weighted by atomic mass is 35.5. The van der Waals surface area contributed by atoms with Crippen molar-refractivity contribution in [2.75, 3.05) is 7.11 Å². The number of hydrogen-bond acceptors (Lipinski definition) is 3. The van der Waals surface area contributed by atoms with Gasteiger partial charge in [0, 0.05) is 19.1 Å². The predicted octanol–water partition coefficient (Wildman–Crippen LogP) is 1.93. The molecule has 0 unspecified atom stereocenters. The molecule has 0 radical (unpaired) electrons. The summed E-state index contributed by atoms with van der Waals surface area (Å²) in [5.74, 6) is -0.0340. The Kier molecular flexibility index (Phi) is 3.92. The Morgan fingerprint density at radius 2 is 2.29 bits per heavy atom. The van der Waals surface area contributed by atoms with Gasteiger partial charge in [0.05, 0.1) is 11.6 Å². The van der Waals surface area contributed by atoms with Crippen LogP contribution in [0.4, 0.5) is 0 Å². The zero-order valence-electron chi connectivity index (χ0n) is 7.79. The SMILES string of the molecule is COCc1ccc(Cl)c(O)c1CC=O. The molecular weight excluding hydrogens is 204 g/mol. The summed E-state index contributed by atoms with van der Waals surface area (Å²) >= 11 is 5.71. The summed E-state index contributed by atoms with van der Waals surface area (Å²) in [7, 11) is 1.55. The van der Waals surface area contributed by atoms with E-state index in [0.29, 0.717) is 12.2 Å². The molecule has 0 heterocycles. The minimum Gasteiger partial charge on any atom is -0.506 e. The molecule has 0 fully saturated rings. The van der Waals surface area contributed by atoms with E-state index in [4.69, 9.17) is 16.3 Å². The average Bonchev–Trinajstić information content (AvgIpc) is 2.18. The molecular formula is C10H11ClO3. The van der Waals surface area contributed by atoms with Crippen molar-refractivity contribution in [2.45, 2.75) is 13.0 Å². The zero-order chi connectivity index (χ0) is 10.6. The first-order valence-corrected chi connectivity index (χ1v) is 4.50. The summed E-state index contributed by atoms with van der Waals surface area (Å²) in [6, 6.07) is 3.32.